The molecule has 4 rings (SSSR count). The van der Waals surface area contributed by atoms with Gasteiger partial charge in [0.1, 0.15) is 6.61 Å². The van der Waals surface area contributed by atoms with Crippen molar-refractivity contribution in [3.8, 4) is 11.3 Å². The summed E-state index contributed by atoms with van der Waals surface area (Å²) in [4.78, 5) is 17.7. The monoisotopic (exact) mass is 435 g/mol. The van der Waals surface area contributed by atoms with E-state index in [0.29, 0.717) is 15.6 Å². The number of fused-ring (bicyclic) bond motifs is 1. The Labute approximate surface area is 185 Å². The SMILES string of the molecule is CCc1ccc(-c2cc(C(=O)OCc3ccc(Cl)c(Cl)c3)c3ccccc3n2)cc1. The van der Waals surface area contributed by atoms with Gasteiger partial charge >= 0.3 is 5.97 Å². The van der Waals surface area contributed by atoms with E-state index in [-0.39, 0.29) is 6.61 Å². The van der Waals surface area contributed by atoms with Gasteiger partial charge in [0.2, 0.25) is 0 Å². The number of pyridine rings is 1. The second-order valence-corrected chi connectivity index (χ2v) is 7.76. The molecule has 0 aliphatic carbocycles. The molecule has 1 heterocycles. The summed E-state index contributed by atoms with van der Waals surface area (Å²) in [6.07, 6.45) is 0.970. The summed E-state index contributed by atoms with van der Waals surface area (Å²) >= 11 is 12.0. The van der Waals surface area contributed by atoms with Crippen LogP contribution in [0.1, 0.15) is 28.4 Å². The van der Waals surface area contributed by atoms with Crippen LogP contribution in [0.5, 0.6) is 0 Å². The number of hydrogen-bond donors (Lipinski definition) is 0. The zero-order valence-corrected chi connectivity index (χ0v) is 17.9. The normalized spacial score (nSPS) is 10.9. The molecule has 0 saturated carbocycles. The predicted molar refractivity (Wildman–Crippen MR) is 122 cm³/mol. The number of benzene rings is 3. The number of aryl methyl sites for hydroxylation is 1. The van der Waals surface area contributed by atoms with E-state index in [0.717, 1.165) is 34.1 Å². The van der Waals surface area contributed by atoms with Gasteiger partial charge in [0, 0.05) is 10.9 Å². The van der Waals surface area contributed by atoms with E-state index >= 15 is 0 Å². The lowest BCUT2D eigenvalue weighted by molar-refractivity contribution is 0.0475. The maximum absolute atomic E-state index is 13.0. The van der Waals surface area contributed by atoms with Crippen LogP contribution in [0.3, 0.4) is 0 Å². The number of rotatable bonds is 5. The molecule has 4 aromatic rings. The molecule has 0 fully saturated rings. The van der Waals surface area contributed by atoms with Crippen molar-refractivity contribution in [1.82, 2.24) is 4.98 Å². The lowest BCUT2D eigenvalue weighted by atomic mass is 10.0. The van der Waals surface area contributed by atoms with Crippen LogP contribution in [0.4, 0.5) is 0 Å². The van der Waals surface area contributed by atoms with Gasteiger partial charge in [0.05, 0.1) is 26.8 Å². The second-order valence-electron chi connectivity index (χ2n) is 6.95. The summed E-state index contributed by atoms with van der Waals surface area (Å²) < 4.78 is 5.58. The van der Waals surface area contributed by atoms with Gasteiger partial charge in [-0.3, -0.25) is 0 Å². The number of halogens is 2. The summed E-state index contributed by atoms with van der Waals surface area (Å²) in [6, 6.07) is 22.7. The van der Waals surface area contributed by atoms with E-state index in [9.17, 15) is 4.79 Å². The molecule has 0 radical (unpaired) electrons. The van der Waals surface area contributed by atoms with Crippen molar-refractivity contribution in [3.05, 3.63) is 99.5 Å². The lowest BCUT2D eigenvalue weighted by Gasteiger charge is -2.11. The molecule has 3 nitrogen and oxygen atoms in total. The molecule has 0 spiro atoms. The largest absolute Gasteiger partial charge is 0.457 e. The zero-order chi connectivity index (χ0) is 21.1. The van der Waals surface area contributed by atoms with E-state index in [1.807, 2.05) is 36.4 Å². The van der Waals surface area contributed by atoms with Crippen LogP contribution < -0.4 is 0 Å². The van der Waals surface area contributed by atoms with Crippen molar-refractivity contribution in [2.75, 3.05) is 0 Å². The van der Waals surface area contributed by atoms with Gasteiger partial charge in [0.25, 0.3) is 0 Å². The molecular formula is C25H19Cl2NO2. The van der Waals surface area contributed by atoms with Crippen molar-refractivity contribution >= 4 is 40.1 Å². The minimum atomic E-state index is -0.411. The first kappa shape index (κ1) is 20.4. The lowest BCUT2D eigenvalue weighted by Crippen LogP contribution is -2.07. The van der Waals surface area contributed by atoms with E-state index in [1.165, 1.54) is 5.56 Å². The van der Waals surface area contributed by atoms with Gasteiger partial charge in [-0.25, -0.2) is 9.78 Å². The Hall–Kier alpha value is -2.88. The van der Waals surface area contributed by atoms with Crippen LogP contribution in [0.15, 0.2) is 72.8 Å². The number of esters is 1. The van der Waals surface area contributed by atoms with Crippen LogP contribution in [0.25, 0.3) is 22.2 Å². The Morgan fingerprint density at radius 2 is 1.63 bits per heavy atom. The van der Waals surface area contributed by atoms with Gasteiger partial charge < -0.3 is 4.74 Å². The number of para-hydroxylation sites is 1. The molecular weight excluding hydrogens is 417 g/mol. The third-order valence-electron chi connectivity index (χ3n) is 4.95. The fourth-order valence-electron chi connectivity index (χ4n) is 3.26. The summed E-state index contributed by atoms with van der Waals surface area (Å²) in [5.41, 5.74) is 4.94. The number of aromatic nitrogens is 1. The molecule has 0 aliphatic heterocycles. The van der Waals surface area contributed by atoms with Crippen LogP contribution in [-0.4, -0.2) is 11.0 Å². The highest BCUT2D eigenvalue weighted by Gasteiger charge is 2.15. The third-order valence-corrected chi connectivity index (χ3v) is 5.69. The molecule has 0 N–H and O–H groups in total. The van der Waals surface area contributed by atoms with Gasteiger partial charge in [0.15, 0.2) is 0 Å². The molecule has 0 amide bonds. The first-order chi connectivity index (χ1) is 14.5. The molecule has 5 heteroatoms. The van der Waals surface area contributed by atoms with Gasteiger partial charge in [-0.15, -0.1) is 0 Å². The van der Waals surface area contributed by atoms with Crippen molar-refractivity contribution in [3.63, 3.8) is 0 Å². The van der Waals surface area contributed by atoms with Crippen LogP contribution in [-0.2, 0) is 17.8 Å². The molecule has 0 aliphatic rings. The quantitative estimate of drug-likeness (QED) is 0.313. The van der Waals surface area contributed by atoms with E-state index in [2.05, 4.69) is 19.1 Å². The standard InChI is InChI=1S/C25H19Cl2NO2/c1-2-16-7-10-18(11-8-16)24-14-20(19-5-3-4-6-23(19)28-24)25(29)30-15-17-9-12-21(26)22(27)13-17/h3-14H,2,15H2,1H3. The number of nitrogens with zero attached hydrogens (tertiary/aromatic N) is 1. The molecule has 0 saturated heterocycles. The Morgan fingerprint density at radius 3 is 2.37 bits per heavy atom. The van der Waals surface area contributed by atoms with E-state index < -0.39 is 5.97 Å². The Morgan fingerprint density at radius 1 is 0.900 bits per heavy atom. The van der Waals surface area contributed by atoms with Gasteiger partial charge in [-0.1, -0.05) is 78.7 Å². The van der Waals surface area contributed by atoms with Crippen LogP contribution in [0.2, 0.25) is 10.0 Å². The number of carbonyl (C=O) groups excluding carboxylic acids is 1. The fourth-order valence-corrected chi connectivity index (χ4v) is 3.58. The summed E-state index contributed by atoms with van der Waals surface area (Å²) in [7, 11) is 0. The zero-order valence-electron chi connectivity index (χ0n) is 16.4. The maximum Gasteiger partial charge on any atom is 0.339 e. The van der Waals surface area contributed by atoms with E-state index in [4.69, 9.17) is 32.9 Å². The highest BCUT2D eigenvalue weighted by Crippen LogP contribution is 2.27. The van der Waals surface area contributed by atoms with Crippen molar-refractivity contribution in [2.45, 2.75) is 20.0 Å². The average Bonchev–Trinajstić information content (AvgIpc) is 2.79. The van der Waals surface area contributed by atoms with Crippen molar-refractivity contribution in [2.24, 2.45) is 0 Å². The second kappa shape index (κ2) is 8.86. The predicted octanol–water partition coefficient (Wildman–Crippen LogP) is 7.13. The Kier molecular flexibility index (Phi) is 6.03. The summed E-state index contributed by atoms with van der Waals surface area (Å²) in [6.45, 7) is 2.22. The molecule has 30 heavy (non-hydrogen) atoms. The van der Waals surface area contributed by atoms with Crippen LogP contribution in [0, 0.1) is 0 Å². The minimum absolute atomic E-state index is 0.104. The number of carbonyl (C=O) groups is 1. The maximum atomic E-state index is 13.0. The summed E-state index contributed by atoms with van der Waals surface area (Å²) in [5.74, 6) is -0.411. The molecule has 0 unspecified atom stereocenters. The molecule has 0 atom stereocenters. The Bertz CT molecular complexity index is 1220. The number of hydrogen-bond acceptors (Lipinski definition) is 3. The third kappa shape index (κ3) is 4.33. The topological polar surface area (TPSA) is 39.2 Å². The molecule has 150 valence electrons. The molecule has 0 bridgehead atoms. The van der Waals surface area contributed by atoms with Gasteiger partial charge in [-0.05, 0) is 41.8 Å². The smallest absolute Gasteiger partial charge is 0.339 e. The fraction of sp³-hybridized carbons (Fsp3) is 0.120. The first-order valence-electron chi connectivity index (χ1n) is 9.65. The molecule has 1 aromatic heterocycles. The summed E-state index contributed by atoms with van der Waals surface area (Å²) in [5, 5.41) is 1.65. The van der Waals surface area contributed by atoms with Crippen LogP contribution >= 0.6 is 23.2 Å². The number of ether oxygens (including phenoxy) is 1. The van der Waals surface area contributed by atoms with E-state index in [1.54, 1.807) is 24.3 Å². The highest BCUT2D eigenvalue weighted by molar-refractivity contribution is 6.42. The van der Waals surface area contributed by atoms with Crippen molar-refractivity contribution < 1.29 is 9.53 Å². The minimum Gasteiger partial charge on any atom is -0.457 e. The highest BCUT2D eigenvalue weighted by atomic mass is 35.5. The first-order valence-corrected chi connectivity index (χ1v) is 10.4. The molecule has 3 aromatic carbocycles. The van der Waals surface area contributed by atoms with Gasteiger partial charge in [-0.2, -0.15) is 0 Å². The van der Waals surface area contributed by atoms with Crippen molar-refractivity contribution in [1.29, 1.82) is 0 Å². The Balaban J connectivity index is 1.67. The average molecular weight is 436 g/mol.